The molecular weight excluding hydrogens is 288 g/mol. The fourth-order valence-corrected chi connectivity index (χ4v) is 2.36. The van der Waals surface area contributed by atoms with Crippen LogP contribution in [-0.4, -0.2) is 28.2 Å². The van der Waals surface area contributed by atoms with Crippen molar-refractivity contribution in [3.05, 3.63) is 59.4 Å². The molecule has 2 aromatic rings. The van der Waals surface area contributed by atoms with Gasteiger partial charge in [-0.25, -0.2) is 4.79 Å². The van der Waals surface area contributed by atoms with Gasteiger partial charge in [-0.3, -0.25) is 9.78 Å². The lowest BCUT2D eigenvalue weighted by Crippen LogP contribution is -2.15. The number of thioether (sulfide) groups is 1. The summed E-state index contributed by atoms with van der Waals surface area (Å²) >= 11 is 1.67. The molecule has 1 aromatic carbocycles. The molecule has 6 heteroatoms. The highest BCUT2D eigenvalue weighted by atomic mass is 32.2. The van der Waals surface area contributed by atoms with Gasteiger partial charge in [-0.1, -0.05) is 12.1 Å². The van der Waals surface area contributed by atoms with Crippen LogP contribution in [0.2, 0.25) is 0 Å². The minimum atomic E-state index is -1.11. The maximum atomic E-state index is 12.2. The van der Waals surface area contributed by atoms with Gasteiger partial charge in [0.05, 0.1) is 17.4 Å². The predicted molar refractivity (Wildman–Crippen MR) is 82.8 cm³/mol. The van der Waals surface area contributed by atoms with E-state index >= 15 is 0 Å². The molecule has 0 saturated heterocycles. The molecule has 0 unspecified atom stereocenters. The molecule has 0 aliphatic carbocycles. The Morgan fingerprint density at radius 2 is 2.14 bits per heavy atom. The van der Waals surface area contributed by atoms with E-state index in [-0.39, 0.29) is 17.2 Å². The van der Waals surface area contributed by atoms with Crippen molar-refractivity contribution < 1.29 is 14.7 Å². The van der Waals surface area contributed by atoms with Crippen LogP contribution in [0, 0.1) is 0 Å². The molecule has 0 radical (unpaired) electrons. The normalized spacial score (nSPS) is 10.1. The number of amides is 1. The van der Waals surface area contributed by atoms with E-state index in [2.05, 4.69) is 10.3 Å². The average molecular weight is 302 g/mol. The van der Waals surface area contributed by atoms with E-state index < -0.39 is 5.97 Å². The lowest BCUT2D eigenvalue weighted by atomic mass is 10.1. The number of rotatable bonds is 5. The van der Waals surface area contributed by atoms with Gasteiger partial charge in [0.25, 0.3) is 5.91 Å². The molecule has 1 heterocycles. The van der Waals surface area contributed by atoms with E-state index in [1.54, 1.807) is 23.9 Å². The molecule has 2 N–H and O–H groups in total. The fourth-order valence-electron chi connectivity index (χ4n) is 1.84. The van der Waals surface area contributed by atoms with Gasteiger partial charge >= 0.3 is 5.97 Å². The number of hydrogen-bond donors (Lipinski definition) is 2. The number of anilines is 1. The van der Waals surface area contributed by atoms with Crippen LogP contribution < -0.4 is 5.32 Å². The number of benzene rings is 1. The number of hydrogen-bond acceptors (Lipinski definition) is 4. The third kappa shape index (κ3) is 3.82. The molecule has 1 aromatic heterocycles. The molecule has 0 saturated carbocycles. The van der Waals surface area contributed by atoms with Crippen molar-refractivity contribution in [3.8, 4) is 0 Å². The largest absolute Gasteiger partial charge is 0.478 e. The third-order valence-electron chi connectivity index (χ3n) is 2.80. The first-order valence-electron chi connectivity index (χ1n) is 6.18. The molecule has 0 bridgehead atoms. The Kier molecular flexibility index (Phi) is 4.94. The van der Waals surface area contributed by atoms with Crippen molar-refractivity contribution in [2.24, 2.45) is 0 Å². The molecule has 2 rings (SSSR count). The lowest BCUT2D eigenvalue weighted by Gasteiger charge is -2.08. The summed E-state index contributed by atoms with van der Waals surface area (Å²) < 4.78 is 0. The van der Waals surface area contributed by atoms with Gasteiger partial charge in [0.2, 0.25) is 0 Å². The maximum absolute atomic E-state index is 12.2. The van der Waals surface area contributed by atoms with E-state index in [1.165, 1.54) is 18.5 Å². The number of carbonyl (C=O) groups is 2. The van der Waals surface area contributed by atoms with Crippen LogP contribution >= 0.6 is 11.8 Å². The zero-order valence-corrected chi connectivity index (χ0v) is 12.2. The zero-order chi connectivity index (χ0) is 15.2. The van der Waals surface area contributed by atoms with E-state index in [0.717, 1.165) is 11.3 Å². The van der Waals surface area contributed by atoms with Gasteiger partial charge in [-0.2, -0.15) is 11.8 Å². The highest BCUT2D eigenvalue weighted by Crippen LogP contribution is 2.16. The van der Waals surface area contributed by atoms with Gasteiger partial charge in [0.1, 0.15) is 0 Å². The fraction of sp³-hybridized carbons (Fsp3) is 0.133. The van der Waals surface area contributed by atoms with Gasteiger partial charge in [-0.15, -0.1) is 0 Å². The van der Waals surface area contributed by atoms with Crippen molar-refractivity contribution in [1.29, 1.82) is 0 Å². The van der Waals surface area contributed by atoms with Crippen LogP contribution in [-0.2, 0) is 5.75 Å². The Balaban J connectivity index is 2.22. The Morgan fingerprint density at radius 3 is 2.86 bits per heavy atom. The molecule has 0 aliphatic heterocycles. The van der Waals surface area contributed by atoms with E-state index in [0.29, 0.717) is 5.56 Å². The summed E-state index contributed by atoms with van der Waals surface area (Å²) in [6, 6.07) is 8.59. The first kappa shape index (κ1) is 15.1. The smallest absolute Gasteiger partial charge is 0.337 e. The van der Waals surface area contributed by atoms with Crippen LogP contribution in [0.5, 0.6) is 0 Å². The van der Waals surface area contributed by atoms with Crippen LogP contribution in [0.25, 0.3) is 0 Å². The topological polar surface area (TPSA) is 79.3 Å². The minimum Gasteiger partial charge on any atom is -0.478 e. The average Bonchev–Trinajstić information content (AvgIpc) is 2.48. The van der Waals surface area contributed by atoms with Crippen LogP contribution in [0.4, 0.5) is 5.69 Å². The predicted octanol–water partition coefficient (Wildman–Crippen LogP) is 2.90. The molecule has 108 valence electrons. The van der Waals surface area contributed by atoms with Crippen molar-refractivity contribution in [2.75, 3.05) is 11.6 Å². The molecule has 5 nitrogen and oxygen atoms in total. The zero-order valence-electron chi connectivity index (χ0n) is 11.4. The third-order valence-corrected chi connectivity index (χ3v) is 3.42. The molecule has 1 amide bonds. The van der Waals surface area contributed by atoms with Crippen molar-refractivity contribution in [2.45, 2.75) is 5.75 Å². The number of carboxylic acids is 1. The summed E-state index contributed by atoms with van der Waals surface area (Å²) in [5.74, 6) is -0.647. The summed E-state index contributed by atoms with van der Waals surface area (Å²) in [6.45, 7) is 0. The van der Waals surface area contributed by atoms with E-state index in [1.807, 2.05) is 18.4 Å². The number of nitrogens with zero attached hydrogens (tertiary/aromatic N) is 1. The summed E-state index contributed by atoms with van der Waals surface area (Å²) in [6.07, 6.45) is 4.69. The Labute approximate surface area is 126 Å². The summed E-state index contributed by atoms with van der Waals surface area (Å²) in [4.78, 5) is 27.1. The standard InChI is InChI=1S/C15H14N2O3S/c1-21-9-10-3-2-4-11(7-10)14(18)17-13-8-16-6-5-12(13)15(19)20/h2-8H,9H2,1H3,(H,17,18)(H,19,20). The Bertz CT molecular complexity index is 673. The monoisotopic (exact) mass is 302 g/mol. The molecule has 0 aliphatic rings. The second kappa shape index (κ2) is 6.90. The van der Waals surface area contributed by atoms with Crippen molar-refractivity contribution in [3.63, 3.8) is 0 Å². The van der Waals surface area contributed by atoms with Gasteiger partial charge in [0.15, 0.2) is 0 Å². The Hall–Kier alpha value is -2.34. The highest BCUT2D eigenvalue weighted by Gasteiger charge is 2.13. The number of aromatic carboxylic acids is 1. The molecule has 0 fully saturated rings. The van der Waals surface area contributed by atoms with Crippen LogP contribution in [0.1, 0.15) is 26.3 Å². The summed E-state index contributed by atoms with van der Waals surface area (Å²) in [5.41, 5.74) is 1.73. The van der Waals surface area contributed by atoms with Gasteiger partial charge < -0.3 is 10.4 Å². The van der Waals surface area contributed by atoms with Gasteiger partial charge in [-0.05, 0) is 30.0 Å². The molecular formula is C15H14N2O3S. The highest BCUT2D eigenvalue weighted by molar-refractivity contribution is 7.97. The first-order chi connectivity index (χ1) is 10.1. The molecule has 0 spiro atoms. The number of nitrogens with one attached hydrogen (secondary N) is 1. The summed E-state index contributed by atoms with van der Waals surface area (Å²) in [5, 5.41) is 11.7. The number of pyridine rings is 1. The van der Waals surface area contributed by atoms with E-state index in [4.69, 9.17) is 5.11 Å². The van der Waals surface area contributed by atoms with Crippen LogP contribution in [0.15, 0.2) is 42.7 Å². The Morgan fingerprint density at radius 1 is 1.33 bits per heavy atom. The lowest BCUT2D eigenvalue weighted by molar-refractivity contribution is 0.0698. The van der Waals surface area contributed by atoms with Crippen molar-refractivity contribution >= 4 is 29.3 Å². The first-order valence-corrected chi connectivity index (χ1v) is 7.57. The number of carbonyl (C=O) groups excluding carboxylic acids is 1. The molecule has 0 atom stereocenters. The second-order valence-electron chi connectivity index (χ2n) is 4.31. The van der Waals surface area contributed by atoms with Crippen molar-refractivity contribution in [1.82, 2.24) is 4.98 Å². The SMILES string of the molecule is CSCc1cccc(C(=O)Nc2cnccc2C(=O)O)c1. The molecule has 21 heavy (non-hydrogen) atoms. The van der Waals surface area contributed by atoms with E-state index in [9.17, 15) is 9.59 Å². The maximum Gasteiger partial charge on any atom is 0.337 e. The number of carboxylic acid groups (broad SMARTS) is 1. The minimum absolute atomic E-state index is 0.0126. The van der Waals surface area contributed by atoms with Gasteiger partial charge in [0, 0.05) is 17.5 Å². The summed E-state index contributed by atoms with van der Waals surface area (Å²) in [7, 11) is 0. The quantitative estimate of drug-likeness (QED) is 0.887. The number of aromatic nitrogens is 1. The van der Waals surface area contributed by atoms with Crippen LogP contribution in [0.3, 0.4) is 0 Å². The second-order valence-corrected chi connectivity index (χ2v) is 5.18.